The number of ether oxygens (including phenoxy) is 3. The van der Waals surface area contributed by atoms with Crippen LogP contribution in [0.25, 0.3) is 0 Å². The van der Waals surface area contributed by atoms with Gasteiger partial charge in [-0.1, -0.05) is 29.3 Å². The average Bonchev–Trinajstić information content (AvgIpc) is 2.88. The van der Waals surface area contributed by atoms with E-state index in [2.05, 4.69) is 52.7 Å². The van der Waals surface area contributed by atoms with Crippen molar-refractivity contribution in [2.24, 2.45) is 11.8 Å². The fraction of sp³-hybridized carbons (Fsp3) is 0.714. The first-order chi connectivity index (χ1) is 17.9. The lowest BCUT2D eigenvalue weighted by Gasteiger charge is -2.38. The third-order valence-electron chi connectivity index (χ3n) is 7.34. The number of alkyl carbamates (subject to hydrolysis) is 1. The number of hydrogen-bond donors (Lipinski definition) is 3. The van der Waals surface area contributed by atoms with Crippen LogP contribution in [0, 0.1) is 25.7 Å². The molecule has 37 heavy (non-hydrogen) atoms. The normalized spacial score (nSPS) is 20.2. The van der Waals surface area contributed by atoms with Gasteiger partial charge < -0.3 is 35.1 Å². The van der Waals surface area contributed by atoms with E-state index in [4.69, 9.17) is 9.47 Å². The molecule has 1 aromatic carbocycles. The minimum atomic E-state index is -0.469. The van der Waals surface area contributed by atoms with Crippen LogP contribution < -0.4 is 16.0 Å². The first-order valence-corrected chi connectivity index (χ1v) is 13.7. The molecular weight excluding hydrogens is 472 g/mol. The van der Waals surface area contributed by atoms with Gasteiger partial charge in [-0.25, -0.2) is 9.59 Å². The van der Waals surface area contributed by atoms with E-state index in [9.17, 15) is 9.59 Å². The van der Waals surface area contributed by atoms with Gasteiger partial charge in [0, 0.05) is 51.4 Å². The van der Waals surface area contributed by atoms with Crippen LogP contribution in [0.5, 0.6) is 0 Å². The van der Waals surface area contributed by atoms with Crippen LogP contribution in [0.15, 0.2) is 18.2 Å². The molecule has 0 bridgehead atoms. The number of carbonyl (C=O) groups excluding carboxylic acids is 2. The smallest absolute Gasteiger partial charge is 0.406 e. The van der Waals surface area contributed by atoms with Crippen molar-refractivity contribution in [1.82, 2.24) is 20.9 Å². The van der Waals surface area contributed by atoms with E-state index in [1.54, 1.807) is 0 Å². The van der Waals surface area contributed by atoms with Gasteiger partial charge in [-0.3, -0.25) is 0 Å². The van der Waals surface area contributed by atoms with E-state index in [0.29, 0.717) is 25.6 Å². The van der Waals surface area contributed by atoms with Gasteiger partial charge in [-0.2, -0.15) is 0 Å². The fourth-order valence-corrected chi connectivity index (χ4v) is 5.62. The molecule has 1 aromatic rings. The van der Waals surface area contributed by atoms with E-state index in [1.807, 2.05) is 11.9 Å². The summed E-state index contributed by atoms with van der Waals surface area (Å²) in [6.45, 7) is 8.67. The second-order valence-corrected chi connectivity index (χ2v) is 10.5. The Morgan fingerprint density at radius 2 is 1.86 bits per heavy atom. The Kier molecular flexibility index (Phi) is 12.0. The van der Waals surface area contributed by atoms with Crippen LogP contribution in [0.4, 0.5) is 9.59 Å². The van der Waals surface area contributed by atoms with Crippen molar-refractivity contribution in [2.75, 3.05) is 60.2 Å². The third kappa shape index (κ3) is 9.47. The highest BCUT2D eigenvalue weighted by Crippen LogP contribution is 2.34. The summed E-state index contributed by atoms with van der Waals surface area (Å²) in [4.78, 5) is 26.8. The molecule has 3 atom stereocenters. The number of piperidine rings is 1. The van der Waals surface area contributed by atoms with Crippen LogP contribution in [-0.2, 0) is 14.2 Å². The maximum Gasteiger partial charge on any atom is 0.406 e. The number of methoxy groups -OCH3 is 1. The molecule has 2 aliphatic rings. The quantitative estimate of drug-likeness (QED) is 0.388. The molecule has 9 nitrogen and oxygen atoms in total. The lowest BCUT2D eigenvalue weighted by atomic mass is 9.87. The van der Waals surface area contributed by atoms with Crippen LogP contribution in [-0.4, -0.2) is 83.2 Å². The molecule has 0 aliphatic carbocycles. The molecular formula is C28H46N4O5. The highest BCUT2D eigenvalue weighted by molar-refractivity contribution is 5.74. The van der Waals surface area contributed by atoms with E-state index in [0.717, 1.165) is 64.0 Å². The number of nitrogens with zero attached hydrogens (tertiary/aromatic N) is 1. The zero-order valence-electron chi connectivity index (χ0n) is 23.0. The second kappa shape index (κ2) is 15.1. The minimum absolute atomic E-state index is 0.00328. The molecule has 0 aromatic heterocycles. The number of amides is 3. The molecule has 2 aliphatic heterocycles. The van der Waals surface area contributed by atoms with Gasteiger partial charge in [0.2, 0.25) is 0 Å². The monoisotopic (exact) mass is 518 g/mol. The van der Waals surface area contributed by atoms with Crippen LogP contribution >= 0.6 is 0 Å². The molecule has 0 unspecified atom stereocenters. The number of likely N-dealkylation sites (tertiary alicyclic amines) is 1. The lowest BCUT2D eigenvalue weighted by molar-refractivity contribution is -0.00875. The van der Waals surface area contributed by atoms with Gasteiger partial charge in [-0.15, -0.1) is 0 Å². The molecule has 9 heteroatoms. The minimum Gasteiger partial charge on any atom is -0.453 e. The molecule has 0 saturated carbocycles. The molecule has 3 rings (SSSR count). The third-order valence-corrected chi connectivity index (χ3v) is 7.34. The second-order valence-electron chi connectivity index (χ2n) is 10.5. The summed E-state index contributed by atoms with van der Waals surface area (Å²) in [6.07, 6.45) is 4.36. The van der Waals surface area contributed by atoms with E-state index in [1.165, 1.54) is 18.2 Å². The van der Waals surface area contributed by atoms with Crippen molar-refractivity contribution in [3.63, 3.8) is 0 Å². The van der Waals surface area contributed by atoms with Gasteiger partial charge >= 0.3 is 12.1 Å². The Morgan fingerprint density at radius 3 is 2.54 bits per heavy atom. The van der Waals surface area contributed by atoms with E-state index < -0.39 is 6.09 Å². The van der Waals surface area contributed by atoms with Gasteiger partial charge in [-0.05, 0) is 64.5 Å². The molecule has 208 valence electrons. The number of rotatable bonds is 11. The maximum absolute atomic E-state index is 13.4. The molecule has 2 fully saturated rings. The number of likely N-dealkylation sites (N-methyl/N-ethyl adjacent to an activating group) is 1. The lowest BCUT2D eigenvalue weighted by Crippen LogP contribution is -2.52. The predicted octanol–water partition coefficient (Wildman–Crippen LogP) is 3.54. The van der Waals surface area contributed by atoms with E-state index >= 15 is 0 Å². The highest BCUT2D eigenvalue weighted by Gasteiger charge is 2.32. The topological polar surface area (TPSA) is 101 Å². The Balaban J connectivity index is 1.65. The summed E-state index contributed by atoms with van der Waals surface area (Å²) in [5, 5.41) is 9.23. The number of hydrogen-bond acceptors (Lipinski definition) is 6. The molecule has 2 heterocycles. The van der Waals surface area contributed by atoms with Crippen molar-refractivity contribution in [3.05, 3.63) is 34.9 Å². The van der Waals surface area contributed by atoms with Crippen LogP contribution in [0.2, 0.25) is 0 Å². The SMILES string of the molecule is CNC[C@H](CC1CCOCC1)NC(=O)N1CCC[C@@H]([C@@H](OCCNC(=O)OC)c2cc(C)cc(C)c2)C1. The van der Waals surface area contributed by atoms with Crippen LogP contribution in [0.3, 0.4) is 0 Å². The van der Waals surface area contributed by atoms with Gasteiger partial charge in [0.05, 0.1) is 19.8 Å². The number of benzene rings is 1. The highest BCUT2D eigenvalue weighted by atomic mass is 16.5. The standard InChI is InChI=1S/C28H46N4O5/c1-20-14-21(2)16-24(15-20)26(37-13-9-30-28(34)35-4)23-6-5-10-32(19-23)27(33)31-25(18-29-3)17-22-7-11-36-12-8-22/h14-16,22-23,25-26,29H,5-13,17-19H2,1-4H3,(H,30,34)(H,31,33)/t23-,25+,26-/m1/s1. The molecule has 2 saturated heterocycles. The molecule has 3 amide bonds. The van der Waals surface area contributed by atoms with Gasteiger partial charge in [0.15, 0.2) is 0 Å². The summed E-state index contributed by atoms with van der Waals surface area (Å²) in [6, 6.07) is 6.59. The molecule has 0 spiro atoms. The van der Waals surface area contributed by atoms with Crippen LogP contribution in [0.1, 0.15) is 54.9 Å². The largest absolute Gasteiger partial charge is 0.453 e. The summed E-state index contributed by atoms with van der Waals surface area (Å²) >= 11 is 0. The first kappa shape index (κ1) is 29.2. The molecule has 3 N–H and O–H groups in total. The zero-order chi connectivity index (χ0) is 26.6. The van der Waals surface area contributed by atoms with Crippen molar-refractivity contribution < 1.29 is 23.8 Å². The summed E-state index contributed by atoms with van der Waals surface area (Å²) < 4.78 is 16.5. The number of urea groups is 1. The number of nitrogens with one attached hydrogen (secondary N) is 3. The summed E-state index contributed by atoms with van der Waals surface area (Å²) in [5.74, 6) is 0.750. The fourth-order valence-electron chi connectivity index (χ4n) is 5.62. The molecule has 0 radical (unpaired) electrons. The average molecular weight is 519 g/mol. The Hall–Kier alpha value is -2.36. The Bertz CT molecular complexity index is 841. The predicted molar refractivity (Wildman–Crippen MR) is 144 cm³/mol. The van der Waals surface area contributed by atoms with E-state index in [-0.39, 0.29) is 24.1 Å². The van der Waals surface area contributed by atoms with Crippen molar-refractivity contribution in [3.8, 4) is 0 Å². The Labute approximate surface area is 222 Å². The summed E-state index contributed by atoms with van der Waals surface area (Å²) in [7, 11) is 3.28. The van der Waals surface area contributed by atoms with Gasteiger partial charge in [0.25, 0.3) is 0 Å². The number of aryl methyl sites for hydroxylation is 2. The maximum atomic E-state index is 13.4. The van der Waals surface area contributed by atoms with Crippen molar-refractivity contribution in [1.29, 1.82) is 0 Å². The Morgan fingerprint density at radius 1 is 1.14 bits per heavy atom. The summed E-state index contributed by atoms with van der Waals surface area (Å²) in [5.41, 5.74) is 3.49. The first-order valence-electron chi connectivity index (χ1n) is 13.7. The van der Waals surface area contributed by atoms with Crippen molar-refractivity contribution in [2.45, 2.75) is 58.1 Å². The number of carbonyl (C=O) groups is 2. The van der Waals surface area contributed by atoms with Gasteiger partial charge in [0.1, 0.15) is 0 Å². The zero-order valence-corrected chi connectivity index (χ0v) is 23.0. The van der Waals surface area contributed by atoms with Crippen molar-refractivity contribution >= 4 is 12.1 Å².